The van der Waals surface area contributed by atoms with E-state index in [0.717, 1.165) is 13.1 Å². The molecule has 2 aromatic rings. The van der Waals surface area contributed by atoms with Gasteiger partial charge >= 0.3 is 0 Å². The number of unbranched alkanes of at least 4 members (excludes halogenated alkanes) is 4. The Hall–Kier alpha value is -1.77. The minimum absolute atomic E-state index is 0.881. The second kappa shape index (κ2) is 8.41. The third kappa shape index (κ3) is 5.08. The second-order valence-corrected chi connectivity index (χ2v) is 5.28. The molecular weight excluding hydrogens is 246 g/mol. The van der Waals surface area contributed by atoms with E-state index < -0.39 is 0 Å². The molecule has 0 fully saturated rings. The summed E-state index contributed by atoms with van der Waals surface area (Å²) in [6.07, 6.45) is 12.3. The Bertz CT molecular complexity index is 477. The largest absolute Gasteiger partial charge is 0.385 e. The van der Waals surface area contributed by atoms with Crippen LogP contribution in [0.3, 0.4) is 0 Å². The summed E-state index contributed by atoms with van der Waals surface area (Å²) in [5, 5.41) is 3.52. The lowest BCUT2D eigenvalue weighted by Crippen LogP contribution is -2.03. The van der Waals surface area contributed by atoms with Crippen molar-refractivity contribution in [3.63, 3.8) is 0 Å². The highest BCUT2D eigenvalue weighted by molar-refractivity contribution is 5.45. The highest BCUT2D eigenvalue weighted by Crippen LogP contribution is 2.12. The number of anilines is 1. The Morgan fingerprint density at radius 2 is 2.05 bits per heavy atom. The lowest BCUT2D eigenvalue weighted by Gasteiger charge is -2.09. The van der Waals surface area contributed by atoms with Gasteiger partial charge in [-0.3, -0.25) is 0 Å². The molecule has 0 bridgehead atoms. The SMILES string of the molecule is CCCCCCCNc1cccc(Cn2ccnc2)c1. The molecule has 0 amide bonds. The predicted octanol–water partition coefficient (Wildman–Crippen LogP) is 4.31. The van der Waals surface area contributed by atoms with Gasteiger partial charge in [0.05, 0.1) is 6.33 Å². The van der Waals surface area contributed by atoms with Crippen molar-refractivity contribution in [2.75, 3.05) is 11.9 Å². The van der Waals surface area contributed by atoms with E-state index in [9.17, 15) is 0 Å². The number of nitrogens with one attached hydrogen (secondary N) is 1. The smallest absolute Gasteiger partial charge is 0.0949 e. The zero-order valence-corrected chi connectivity index (χ0v) is 12.4. The highest BCUT2D eigenvalue weighted by Gasteiger charge is 1.97. The Balaban J connectivity index is 1.75. The summed E-state index contributed by atoms with van der Waals surface area (Å²) in [5.74, 6) is 0. The van der Waals surface area contributed by atoms with E-state index >= 15 is 0 Å². The van der Waals surface area contributed by atoms with Gasteiger partial charge in [-0.2, -0.15) is 0 Å². The van der Waals surface area contributed by atoms with Gasteiger partial charge in [-0.1, -0.05) is 44.7 Å². The van der Waals surface area contributed by atoms with E-state index in [-0.39, 0.29) is 0 Å². The van der Waals surface area contributed by atoms with Crippen LogP contribution in [0.1, 0.15) is 44.6 Å². The van der Waals surface area contributed by atoms with E-state index in [1.54, 1.807) is 0 Å². The Morgan fingerprint density at radius 1 is 1.15 bits per heavy atom. The van der Waals surface area contributed by atoms with E-state index in [0.29, 0.717) is 0 Å². The molecule has 0 saturated heterocycles. The first-order chi connectivity index (χ1) is 9.88. The van der Waals surface area contributed by atoms with Gasteiger partial charge in [-0.05, 0) is 24.1 Å². The molecule has 0 aliphatic rings. The summed E-state index contributed by atoms with van der Waals surface area (Å²) >= 11 is 0. The van der Waals surface area contributed by atoms with Crippen molar-refractivity contribution in [1.29, 1.82) is 0 Å². The lowest BCUT2D eigenvalue weighted by atomic mass is 10.1. The molecule has 2 rings (SSSR count). The zero-order chi connectivity index (χ0) is 14.0. The van der Waals surface area contributed by atoms with Gasteiger partial charge in [0.15, 0.2) is 0 Å². The molecule has 1 heterocycles. The molecular formula is C17H25N3. The molecule has 0 radical (unpaired) electrons. The predicted molar refractivity (Wildman–Crippen MR) is 85.0 cm³/mol. The normalized spacial score (nSPS) is 10.7. The van der Waals surface area contributed by atoms with E-state index in [1.165, 1.54) is 43.4 Å². The monoisotopic (exact) mass is 271 g/mol. The molecule has 0 saturated carbocycles. The van der Waals surface area contributed by atoms with E-state index in [4.69, 9.17) is 0 Å². The van der Waals surface area contributed by atoms with Crippen LogP contribution in [0.5, 0.6) is 0 Å². The van der Waals surface area contributed by atoms with Gasteiger partial charge in [0.25, 0.3) is 0 Å². The maximum absolute atomic E-state index is 4.07. The molecule has 0 atom stereocenters. The molecule has 0 aliphatic carbocycles. The van der Waals surface area contributed by atoms with Crippen LogP contribution in [0, 0.1) is 0 Å². The van der Waals surface area contributed by atoms with Crippen molar-refractivity contribution < 1.29 is 0 Å². The maximum atomic E-state index is 4.07. The summed E-state index contributed by atoms with van der Waals surface area (Å²) in [6, 6.07) is 8.65. The number of nitrogens with zero attached hydrogens (tertiary/aromatic N) is 2. The lowest BCUT2D eigenvalue weighted by molar-refractivity contribution is 0.645. The summed E-state index contributed by atoms with van der Waals surface area (Å²) in [6.45, 7) is 4.20. The second-order valence-electron chi connectivity index (χ2n) is 5.28. The number of hydrogen-bond donors (Lipinski definition) is 1. The van der Waals surface area contributed by atoms with Crippen LogP contribution < -0.4 is 5.32 Å². The zero-order valence-electron chi connectivity index (χ0n) is 12.4. The third-order valence-electron chi connectivity index (χ3n) is 3.46. The first-order valence-corrected chi connectivity index (χ1v) is 7.67. The Morgan fingerprint density at radius 3 is 2.85 bits per heavy atom. The minimum Gasteiger partial charge on any atom is -0.385 e. The van der Waals surface area contributed by atoms with Crippen molar-refractivity contribution in [2.24, 2.45) is 0 Å². The van der Waals surface area contributed by atoms with Crippen LogP contribution in [-0.2, 0) is 6.54 Å². The summed E-state index contributed by atoms with van der Waals surface area (Å²) in [7, 11) is 0. The van der Waals surface area contributed by atoms with Gasteiger partial charge in [-0.15, -0.1) is 0 Å². The topological polar surface area (TPSA) is 29.9 Å². The Kier molecular flexibility index (Phi) is 6.15. The average Bonchev–Trinajstić information content (AvgIpc) is 2.96. The number of rotatable bonds is 9. The first kappa shape index (κ1) is 14.6. The third-order valence-corrected chi connectivity index (χ3v) is 3.46. The Labute approximate surface area is 122 Å². The van der Waals surface area contributed by atoms with Crippen LogP contribution in [0.4, 0.5) is 5.69 Å². The molecule has 0 spiro atoms. The molecule has 0 unspecified atom stereocenters. The van der Waals surface area contributed by atoms with Gasteiger partial charge < -0.3 is 9.88 Å². The number of benzene rings is 1. The summed E-state index contributed by atoms with van der Waals surface area (Å²) < 4.78 is 2.09. The van der Waals surface area contributed by atoms with Gasteiger partial charge in [0.1, 0.15) is 0 Å². The summed E-state index contributed by atoms with van der Waals surface area (Å²) in [5.41, 5.74) is 2.53. The fourth-order valence-electron chi connectivity index (χ4n) is 2.33. The van der Waals surface area contributed by atoms with E-state index in [2.05, 4.69) is 46.1 Å². The van der Waals surface area contributed by atoms with Gasteiger partial charge in [0, 0.05) is 31.2 Å². The number of imidazole rings is 1. The maximum Gasteiger partial charge on any atom is 0.0949 e. The fraction of sp³-hybridized carbons (Fsp3) is 0.471. The van der Waals surface area contributed by atoms with E-state index in [1.807, 2.05) is 18.7 Å². The van der Waals surface area contributed by atoms with Gasteiger partial charge in [-0.25, -0.2) is 4.98 Å². The average molecular weight is 271 g/mol. The van der Waals surface area contributed by atoms with Crippen molar-refractivity contribution in [2.45, 2.75) is 45.6 Å². The quantitative estimate of drug-likeness (QED) is 0.689. The minimum atomic E-state index is 0.881. The van der Waals surface area contributed by atoms with Gasteiger partial charge in [0.2, 0.25) is 0 Å². The molecule has 1 N–H and O–H groups in total. The molecule has 20 heavy (non-hydrogen) atoms. The number of hydrogen-bond acceptors (Lipinski definition) is 2. The van der Waals surface area contributed by atoms with Crippen molar-refractivity contribution in [3.05, 3.63) is 48.5 Å². The fourth-order valence-corrected chi connectivity index (χ4v) is 2.33. The van der Waals surface area contributed by atoms with Crippen molar-refractivity contribution in [1.82, 2.24) is 9.55 Å². The molecule has 1 aromatic carbocycles. The molecule has 0 aliphatic heterocycles. The van der Waals surface area contributed by atoms with Crippen LogP contribution in [0.25, 0.3) is 0 Å². The summed E-state index contributed by atoms with van der Waals surface area (Å²) in [4.78, 5) is 4.07. The van der Waals surface area contributed by atoms with Crippen LogP contribution >= 0.6 is 0 Å². The van der Waals surface area contributed by atoms with Crippen LogP contribution in [0.15, 0.2) is 43.0 Å². The van der Waals surface area contributed by atoms with Crippen molar-refractivity contribution >= 4 is 5.69 Å². The highest BCUT2D eigenvalue weighted by atomic mass is 15.0. The first-order valence-electron chi connectivity index (χ1n) is 7.67. The molecule has 1 aromatic heterocycles. The van der Waals surface area contributed by atoms with Crippen LogP contribution in [0.2, 0.25) is 0 Å². The molecule has 108 valence electrons. The molecule has 3 nitrogen and oxygen atoms in total. The number of aromatic nitrogens is 2. The standard InChI is InChI=1S/C17H25N3/c1-2-3-4-5-6-10-19-17-9-7-8-16(13-17)14-20-12-11-18-15-20/h7-9,11-13,15,19H,2-6,10,14H2,1H3. The van der Waals surface area contributed by atoms with Crippen molar-refractivity contribution in [3.8, 4) is 0 Å². The molecule has 3 heteroatoms. The van der Waals surface area contributed by atoms with Crippen LogP contribution in [-0.4, -0.2) is 16.1 Å².